The van der Waals surface area contributed by atoms with Crippen LogP contribution in [0.5, 0.6) is 0 Å². The van der Waals surface area contributed by atoms with Crippen LogP contribution in [-0.4, -0.2) is 30.4 Å². The Bertz CT molecular complexity index is 447. The van der Waals surface area contributed by atoms with Gasteiger partial charge in [-0.05, 0) is 49.9 Å². The highest BCUT2D eigenvalue weighted by Crippen LogP contribution is 2.21. The Hall–Kier alpha value is -0.870. The molecular formula is C14H19BrN2O. The number of hydrogen-bond acceptors (Lipinski definition) is 2. The van der Waals surface area contributed by atoms with E-state index in [1.54, 1.807) is 0 Å². The first-order chi connectivity index (χ1) is 8.61. The second-order valence-electron chi connectivity index (χ2n) is 4.95. The molecule has 18 heavy (non-hydrogen) atoms. The first-order valence-electron chi connectivity index (χ1n) is 6.37. The summed E-state index contributed by atoms with van der Waals surface area (Å²) in [4.78, 5) is 14.4. The minimum Gasteiger partial charge on any atom is -0.338 e. The van der Waals surface area contributed by atoms with Gasteiger partial charge in [0.1, 0.15) is 0 Å². The van der Waals surface area contributed by atoms with Gasteiger partial charge in [-0.15, -0.1) is 0 Å². The third kappa shape index (κ3) is 2.93. The number of rotatable bonds is 2. The van der Waals surface area contributed by atoms with Crippen LogP contribution in [0.1, 0.15) is 28.8 Å². The van der Waals surface area contributed by atoms with E-state index in [0.717, 1.165) is 41.5 Å². The van der Waals surface area contributed by atoms with Crippen LogP contribution in [0.2, 0.25) is 0 Å². The molecule has 0 saturated carbocycles. The highest BCUT2D eigenvalue weighted by atomic mass is 79.9. The van der Waals surface area contributed by atoms with Crippen molar-refractivity contribution < 1.29 is 4.79 Å². The number of piperidine rings is 1. The van der Waals surface area contributed by atoms with Crippen molar-refractivity contribution in [2.75, 3.05) is 19.6 Å². The molecule has 1 unspecified atom stereocenters. The summed E-state index contributed by atoms with van der Waals surface area (Å²) in [6, 6.07) is 5.84. The van der Waals surface area contributed by atoms with E-state index in [1.165, 1.54) is 0 Å². The Morgan fingerprint density at radius 1 is 1.56 bits per heavy atom. The van der Waals surface area contributed by atoms with Crippen molar-refractivity contribution in [3.05, 3.63) is 33.8 Å². The number of likely N-dealkylation sites (tertiary alicyclic amines) is 1. The van der Waals surface area contributed by atoms with Crippen molar-refractivity contribution in [2.24, 2.45) is 11.7 Å². The van der Waals surface area contributed by atoms with Gasteiger partial charge in [0, 0.05) is 23.1 Å². The fraction of sp³-hybridized carbons (Fsp3) is 0.500. The van der Waals surface area contributed by atoms with Crippen LogP contribution >= 0.6 is 15.9 Å². The van der Waals surface area contributed by atoms with E-state index in [0.29, 0.717) is 12.5 Å². The maximum absolute atomic E-state index is 12.5. The van der Waals surface area contributed by atoms with Crippen LogP contribution in [0.3, 0.4) is 0 Å². The molecule has 1 aromatic rings. The average molecular weight is 311 g/mol. The Morgan fingerprint density at radius 3 is 3.06 bits per heavy atom. The third-order valence-corrected chi connectivity index (χ3v) is 4.06. The van der Waals surface area contributed by atoms with Crippen LogP contribution in [0.25, 0.3) is 0 Å². The van der Waals surface area contributed by atoms with E-state index >= 15 is 0 Å². The van der Waals surface area contributed by atoms with E-state index in [-0.39, 0.29) is 5.91 Å². The number of halogens is 1. The maximum atomic E-state index is 12.5. The summed E-state index contributed by atoms with van der Waals surface area (Å²) >= 11 is 3.42. The van der Waals surface area contributed by atoms with E-state index < -0.39 is 0 Å². The molecule has 2 rings (SSSR count). The summed E-state index contributed by atoms with van der Waals surface area (Å²) in [5, 5.41) is 0. The molecular weight excluding hydrogens is 292 g/mol. The number of hydrogen-bond donors (Lipinski definition) is 1. The number of amides is 1. The molecule has 0 aliphatic carbocycles. The Balaban J connectivity index is 2.17. The summed E-state index contributed by atoms with van der Waals surface area (Å²) in [6.45, 7) is 4.29. The van der Waals surface area contributed by atoms with E-state index in [9.17, 15) is 4.79 Å². The molecule has 1 heterocycles. The highest BCUT2D eigenvalue weighted by Gasteiger charge is 2.24. The molecule has 1 aliphatic heterocycles. The van der Waals surface area contributed by atoms with Crippen LogP contribution < -0.4 is 5.73 Å². The average Bonchev–Trinajstić information content (AvgIpc) is 2.41. The van der Waals surface area contributed by atoms with Crippen LogP contribution in [0.15, 0.2) is 22.7 Å². The van der Waals surface area contributed by atoms with Crippen LogP contribution in [0.4, 0.5) is 0 Å². The lowest BCUT2D eigenvalue weighted by atomic mass is 9.97. The van der Waals surface area contributed by atoms with Crippen molar-refractivity contribution in [1.29, 1.82) is 0 Å². The first-order valence-corrected chi connectivity index (χ1v) is 7.16. The maximum Gasteiger partial charge on any atom is 0.254 e. The lowest BCUT2D eigenvalue weighted by molar-refractivity contribution is 0.0677. The fourth-order valence-corrected chi connectivity index (χ4v) is 2.80. The summed E-state index contributed by atoms with van der Waals surface area (Å²) in [5.74, 6) is 0.585. The van der Waals surface area contributed by atoms with Gasteiger partial charge >= 0.3 is 0 Å². The zero-order valence-corrected chi connectivity index (χ0v) is 12.2. The Labute approximate surface area is 116 Å². The predicted molar refractivity (Wildman–Crippen MR) is 76.6 cm³/mol. The third-order valence-electron chi connectivity index (χ3n) is 3.57. The predicted octanol–water partition coefficient (Wildman–Crippen LogP) is 2.57. The molecule has 1 aromatic carbocycles. The minimum atomic E-state index is 0.131. The molecule has 1 saturated heterocycles. The molecule has 4 heteroatoms. The zero-order valence-electron chi connectivity index (χ0n) is 10.7. The van der Waals surface area contributed by atoms with Crippen molar-refractivity contribution >= 4 is 21.8 Å². The lowest BCUT2D eigenvalue weighted by Gasteiger charge is -2.32. The molecule has 1 atom stereocenters. The van der Waals surface area contributed by atoms with Gasteiger partial charge in [0.15, 0.2) is 0 Å². The number of aryl methyl sites for hydroxylation is 1. The molecule has 1 fully saturated rings. The highest BCUT2D eigenvalue weighted by molar-refractivity contribution is 9.10. The van der Waals surface area contributed by atoms with Crippen molar-refractivity contribution in [2.45, 2.75) is 19.8 Å². The molecule has 2 N–H and O–H groups in total. The number of carbonyl (C=O) groups excluding carboxylic acids is 1. The summed E-state index contributed by atoms with van der Waals surface area (Å²) < 4.78 is 0.948. The number of carbonyl (C=O) groups is 1. The van der Waals surface area contributed by atoms with Gasteiger partial charge in [-0.1, -0.05) is 22.0 Å². The molecule has 1 aliphatic rings. The second-order valence-corrected chi connectivity index (χ2v) is 5.87. The van der Waals surface area contributed by atoms with Gasteiger partial charge in [0.25, 0.3) is 5.91 Å². The molecule has 0 aromatic heterocycles. The van der Waals surface area contributed by atoms with Gasteiger partial charge in [0.05, 0.1) is 0 Å². The minimum absolute atomic E-state index is 0.131. The zero-order chi connectivity index (χ0) is 13.1. The van der Waals surface area contributed by atoms with Gasteiger partial charge < -0.3 is 10.6 Å². The fourth-order valence-electron chi connectivity index (χ4n) is 2.44. The van der Waals surface area contributed by atoms with Crippen molar-refractivity contribution in [1.82, 2.24) is 4.90 Å². The molecule has 3 nitrogen and oxygen atoms in total. The van der Waals surface area contributed by atoms with Gasteiger partial charge in [-0.2, -0.15) is 0 Å². The number of nitrogens with zero attached hydrogens (tertiary/aromatic N) is 1. The monoisotopic (exact) mass is 310 g/mol. The standard InChI is InChI=1S/C14H19BrN2O/c1-10-4-5-12(15)7-13(10)14(18)17-6-2-3-11(8-16)9-17/h4-5,7,11H,2-3,6,8-9,16H2,1H3. The summed E-state index contributed by atoms with van der Waals surface area (Å²) in [5.41, 5.74) is 7.53. The normalized spacial score (nSPS) is 19.9. The van der Waals surface area contributed by atoms with Crippen molar-refractivity contribution in [3.63, 3.8) is 0 Å². The Morgan fingerprint density at radius 2 is 2.33 bits per heavy atom. The molecule has 98 valence electrons. The summed E-state index contributed by atoms with van der Waals surface area (Å²) in [7, 11) is 0. The van der Waals surface area contributed by atoms with E-state index in [2.05, 4.69) is 15.9 Å². The first kappa shape index (κ1) is 13.6. The number of benzene rings is 1. The second kappa shape index (κ2) is 5.85. The topological polar surface area (TPSA) is 46.3 Å². The lowest BCUT2D eigenvalue weighted by Crippen LogP contribution is -2.42. The largest absolute Gasteiger partial charge is 0.338 e. The SMILES string of the molecule is Cc1ccc(Br)cc1C(=O)N1CCCC(CN)C1. The molecule has 0 bridgehead atoms. The van der Waals surface area contributed by atoms with Crippen molar-refractivity contribution in [3.8, 4) is 0 Å². The van der Waals surface area contributed by atoms with Gasteiger partial charge in [-0.3, -0.25) is 4.79 Å². The quantitative estimate of drug-likeness (QED) is 0.912. The van der Waals surface area contributed by atoms with Crippen LogP contribution in [0, 0.1) is 12.8 Å². The smallest absolute Gasteiger partial charge is 0.254 e. The molecule has 0 spiro atoms. The van der Waals surface area contributed by atoms with E-state index in [4.69, 9.17) is 5.73 Å². The molecule has 0 radical (unpaired) electrons. The molecule has 1 amide bonds. The van der Waals surface area contributed by atoms with Crippen LogP contribution in [-0.2, 0) is 0 Å². The van der Waals surface area contributed by atoms with E-state index in [1.807, 2.05) is 30.0 Å². The van der Waals surface area contributed by atoms with Gasteiger partial charge in [0.2, 0.25) is 0 Å². The number of nitrogens with two attached hydrogens (primary N) is 1. The van der Waals surface area contributed by atoms with Gasteiger partial charge in [-0.25, -0.2) is 0 Å². The Kier molecular flexibility index (Phi) is 4.40. The summed E-state index contributed by atoms with van der Waals surface area (Å²) in [6.07, 6.45) is 2.19.